The average molecular weight is 1550 g/mol. The first-order chi connectivity index (χ1) is 50.5. The highest BCUT2D eigenvalue weighted by molar-refractivity contribution is 5.97. The second kappa shape index (κ2) is 51.8. The fraction of sp³-hybridized carbons (Fsp3) is 0.854. The van der Waals surface area contributed by atoms with E-state index < -0.39 is 129 Å². The summed E-state index contributed by atoms with van der Waals surface area (Å²) < 4.78 is 38.4. The van der Waals surface area contributed by atoms with Gasteiger partial charge in [0, 0.05) is 215 Å². The molecule has 0 heterocycles. The van der Waals surface area contributed by atoms with Crippen molar-refractivity contribution in [3.63, 3.8) is 0 Å². The lowest BCUT2D eigenvalue weighted by Crippen LogP contribution is -2.45. The summed E-state index contributed by atoms with van der Waals surface area (Å²) in [6.45, 7) is 29.2. The largest absolute Gasteiger partial charge is 0.383 e. The summed E-state index contributed by atoms with van der Waals surface area (Å²) in [6.07, 6.45) is -2.38. The zero-order valence-corrected chi connectivity index (χ0v) is 72.1. The average Bonchev–Trinajstić information content (AvgIpc) is 0.805. The molecule has 8 unspecified atom stereocenters. The number of rotatable bonds is 63. The molecule has 0 aromatic heterocycles. The predicted molar refractivity (Wildman–Crippen MR) is 427 cm³/mol. The molecule has 5 N–H and O–H groups in total. The summed E-state index contributed by atoms with van der Waals surface area (Å²) in [5.74, 6) is -11.5. The number of unbranched alkanes of at least 4 members (excludes halogenated alkanes) is 1. The number of Topliss-reactive ketones (excluding diaryl/α,β-unsaturated/α-hetero) is 5. The molecule has 8 atom stereocenters. The van der Waals surface area contributed by atoms with Crippen molar-refractivity contribution >= 4 is 70.3 Å². The molecule has 0 aromatic carbocycles. The van der Waals surface area contributed by atoms with Crippen LogP contribution in [-0.2, 0) is 67.0 Å². The molecule has 0 aromatic rings. The quantitative estimate of drug-likeness (QED) is 0.0358. The molecule has 27 heteroatoms. The lowest BCUT2D eigenvalue weighted by molar-refractivity contribution is -0.144. The molecule has 0 saturated heterocycles. The normalized spacial score (nSPS) is 14.6. The van der Waals surface area contributed by atoms with Gasteiger partial charge in [-0.1, -0.05) is 89.5 Å². The van der Waals surface area contributed by atoms with Crippen LogP contribution >= 0.6 is 0 Å². The van der Waals surface area contributed by atoms with Crippen LogP contribution in [0.15, 0.2) is 0 Å². The number of alkyl halides is 2. The van der Waals surface area contributed by atoms with Gasteiger partial charge in [0.2, 0.25) is 41.4 Å². The summed E-state index contributed by atoms with van der Waals surface area (Å²) in [4.78, 5) is 187. The second-order valence-electron chi connectivity index (χ2n) is 34.8. The molecule has 0 bridgehead atoms. The van der Waals surface area contributed by atoms with Crippen molar-refractivity contribution in [2.75, 3.05) is 169 Å². The van der Waals surface area contributed by atoms with Crippen LogP contribution < -0.4 is 26.6 Å². The molecule has 0 radical (unpaired) electrons. The predicted octanol–water partition coefficient (Wildman–Crippen LogP) is 8.22. The van der Waals surface area contributed by atoms with Gasteiger partial charge in [0.25, 0.3) is 0 Å². The number of ketones is 5. The number of likely N-dealkylation sites (N-methyl/N-ethyl adjacent to an activating group) is 6. The number of carbonyl (C=O) groups is 12. The lowest BCUT2D eigenvalue weighted by Gasteiger charge is -2.37. The van der Waals surface area contributed by atoms with E-state index in [0.717, 1.165) is 26.1 Å². The molecule has 0 spiro atoms. The van der Waals surface area contributed by atoms with Crippen molar-refractivity contribution in [2.24, 2.45) is 62.6 Å². The van der Waals surface area contributed by atoms with Crippen molar-refractivity contribution in [1.82, 2.24) is 56.0 Å². The Balaban J connectivity index is 8.06. The van der Waals surface area contributed by atoms with Gasteiger partial charge in [0.1, 0.15) is 28.9 Å². The van der Waals surface area contributed by atoms with Gasteiger partial charge in [0.05, 0.1) is 25.6 Å². The van der Waals surface area contributed by atoms with Crippen LogP contribution in [0.3, 0.4) is 0 Å². The van der Waals surface area contributed by atoms with E-state index in [1.165, 1.54) is 28.1 Å². The highest BCUT2D eigenvalue weighted by Gasteiger charge is 2.47. The summed E-state index contributed by atoms with van der Waals surface area (Å²) in [7, 11) is 18.1. The number of amides is 7. The van der Waals surface area contributed by atoms with Gasteiger partial charge in [-0.15, -0.1) is 0 Å². The summed E-state index contributed by atoms with van der Waals surface area (Å²) >= 11 is 0. The molecule has 0 fully saturated rings. The minimum absolute atomic E-state index is 0.0316. The van der Waals surface area contributed by atoms with Gasteiger partial charge in [-0.25, -0.2) is 8.78 Å². The monoisotopic (exact) mass is 1550 g/mol. The molecule has 7 amide bonds. The molecule has 0 rings (SSSR count). The van der Waals surface area contributed by atoms with Gasteiger partial charge in [-0.05, 0) is 127 Å². The molecule has 0 aliphatic heterocycles. The molecule has 0 aliphatic rings. The molecule has 632 valence electrons. The Morgan fingerprint density at radius 1 is 0.367 bits per heavy atom. The number of hydrogen-bond acceptors (Lipinski definition) is 18. The van der Waals surface area contributed by atoms with Crippen LogP contribution in [-0.4, -0.2) is 281 Å². The van der Waals surface area contributed by atoms with Crippen molar-refractivity contribution in [1.29, 1.82) is 0 Å². The van der Waals surface area contributed by atoms with Gasteiger partial charge in [0.15, 0.2) is 0 Å². The highest BCUT2D eigenvalue weighted by Crippen LogP contribution is 2.43. The van der Waals surface area contributed by atoms with Gasteiger partial charge in [-0.2, -0.15) is 0 Å². The Hall–Kier alpha value is -5.74. The van der Waals surface area contributed by atoms with E-state index in [-0.39, 0.29) is 152 Å². The standard InChI is InChI=1S/C82H151F2N11O14/c1-25-27-32-87-76(106)64(52-71(101)94(21)43-41-92(19)39-37-90(15)16)55-80(9,10)68(98)49-65(77(107)95(22)44-42-93(20)40-38-91(17)18)57-82(13,14)73(103)61(50-69(99)85-33-28-30-58(3)83)54-79(7,8)67(97)48-63(75(105)88-34-29-31-59(4)84)56-81(11,12)72(102)62(51-70(100)86-35-45-108-23)53-78(5,6)66(96)47-60(26-2)74(104)89-36-46-109-24/h58-65H,25-57H2,1-24H3,(H,85,99)(H,86,100)(H,87,106)(H,88,105)(H,89,104). The Bertz CT molecular complexity index is 2820. The minimum atomic E-state index is -1.49. The maximum absolute atomic E-state index is 15.8. The van der Waals surface area contributed by atoms with Crippen LogP contribution in [0.25, 0.3) is 0 Å². The molecule has 0 aliphatic carbocycles. The van der Waals surface area contributed by atoms with E-state index in [0.29, 0.717) is 52.0 Å². The zero-order valence-electron chi connectivity index (χ0n) is 72.1. The first kappa shape index (κ1) is 103. The van der Waals surface area contributed by atoms with Crippen molar-refractivity contribution in [3.8, 4) is 0 Å². The Morgan fingerprint density at radius 3 is 1.09 bits per heavy atom. The van der Waals surface area contributed by atoms with E-state index in [1.54, 1.807) is 100 Å². The molecular weight excluding hydrogens is 1400 g/mol. The van der Waals surface area contributed by atoms with Crippen LogP contribution in [0.4, 0.5) is 8.78 Å². The molecule has 109 heavy (non-hydrogen) atoms. The number of halogens is 2. The third-order valence-electron chi connectivity index (χ3n) is 21.2. The maximum atomic E-state index is 15.8. The van der Waals surface area contributed by atoms with E-state index in [2.05, 4.69) is 41.3 Å². The highest BCUT2D eigenvalue weighted by atomic mass is 19.1. The third-order valence-corrected chi connectivity index (χ3v) is 21.2. The topological polar surface area (TPSA) is 303 Å². The smallest absolute Gasteiger partial charge is 0.225 e. The van der Waals surface area contributed by atoms with Crippen LogP contribution in [0.1, 0.15) is 213 Å². The van der Waals surface area contributed by atoms with Crippen LogP contribution in [0.5, 0.6) is 0 Å². The van der Waals surface area contributed by atoms with Gasteiger partial charge >= 0.3 is 0 Å². The Morgan fingerprint density at radius 2 is 0.688 bits per heavy atom. The summed E-state index contributed by atoms with van der Waals surface area (Å²) in [5.41, 5.74) is -6.97. The number of nitrogens with zero attached hydrogens (tertiary/aromatic N) is 6. The Labute approximate surface area is 655 Å². The molecular formula is C82H151F2N11O14. The number of hydrogen-bond donors (Lipinski definition) is 5. The van der Waals surface area contributed by atoms with Crippen molar-refractivity contribution in [2.45, 2.75) is 225 Å². The van der Waals surface area contributed by atoms with Gasteiger partial charge < -0.3 is 65.5 Å². The second-order valence-corrected chi connectivity index (χ2v) is 34.8. The SMILES string of the molecule is CCCCNC(=O)C(CC(=O)N(C)CCN(C)CCN(C)C)CC(C)(C)C(=O)CC(CC(C)(C)C(=O)C(CC(=O)NCCCC(C)F)CC(C)(C)C(=O)CC(CC(C)(C)C(=O)C(CC(=O)NCCOC)CC(C)(C)C(=O)CC(CC)C(=O)NCCOC)C(=O)NCCCC(C)F)C(=O)N(C)CCN(C)CCN(C)C. The zero-order chi connectivity index (χ0) is 83.8. The number of ether oxygens (including phenoxy) is 2. The first-order valence-corrected chi connectivity index (χ1v) is 40.0. The van der Waals surface area contributed by atoms with E-state index in [4.69, 9.17) is 9.47 Å². The summed E-state index contributed by atoms with van der Waals surface area (Å²) in [6, 6.07) is 0. The van der Waals surface area contributed by atoms with Crippen LogP contribution in [0, 0.1) is 62.6 Å². The fourth-order valence-electron chi connectivity index (χ4n) is 13.6. The first-order valence-electron chi connectivity index (χ1n) is 40.0. The molecule has 0 saturated carbocycles. The van der Waals surface area contributed by atoms with Crippen molar-refractivity contribution < 1.29 is 75.8 Å². The third kappa shape index (κ3) is 42.1. The Kier molecular flexibility index (Phi) is 49.1. The van der Waals surface area contributed by atoms with E-state index in [9.17, 15) is 42.3 Å². The van der Waals surface area contributed by atoms with E-state index in [1.807, 2.05) is 54.1 Å². The lowest BCUT2D eigenvalue weighted by atomic mass is 9.66. The van der Waals surface area contributed by atoms with Crippen LogP contribution in [0.2, 0.25) is 0 Å². The number of nitrogens with one attached hydrogen (secondary N) is 5. The number of methoxy groups -OCH3 is 2. The summed E-state index contributed by atoms with van der Waals surface area (Å²) in [5, 5.41) is 14.2. The maximum Gasteiger partial charge on any atom is 0.225 e. The van der Waals surface area contributed by atoms with E-state index >= 15 is 24.0 Å². The fourth-order valence-corrected chi connectivity index (χ4v) is 13.6. The van der Waals surface area contributed by atoms with Crippen molar-refractivity contribution in [3.05, 3.63) is 0 Å². The molecule has 25 nitrogen and oxygen atoms in total. The minimum Gasteiger partial charge on any atom is -0.383 e. The number of carbonyl (C=O) groups excluding carboxylic acids is 12. The van der Waals surface area contributed by atoms with Gasteiger partial charge in [-0.3, -0.25) is 57.5 Å².